The Bertz CT molecular complexity index is 614. The van der Waals surface area contributed by atoms with Crippen LogP contribution in [0.4, 0.5) is 17.6 Å². The normalized spacial score (nSPS) is 18.2. The minimum Gasteiger partial charge on any atom is -0.379 e. The van der Waals surface area contributed by atoms with E-state index in [2.05, 4.69) is 4.99 Å². The highest BCUT2D eigenvalue weighted by atomic mass is 35.5. The van der Waals surface area contributed by atoms with Gasteiger partial charge in [-0.05, 0) is 17.7 Å². The van der Waals surface area contributed by atoms with Gasteiger partial charge in [-0.1, -0.05) is 23.7 Å². The number of hydrogen-bond acceptors (Lipinski definition) is 4. The van der Waals surface area contributed by atoms with Gasteiger partial charge in [0.15, 0.2) is 0 Å². The lowest BCUT2D eigenvalue weighted by atomic mass is 10.0. The lowest BCUT2D eigenvalue weighted by Gasteiger charge is -2.34. The number of rotatable bonds is 6. The van der Waals surface area contributed by atoms with Crippen LogP contribution in [-0.2, 0) is 9.53 Å². The Kier molecular flexibility index (Phi) is 6.92. The van der Waals surface area contributed by atoms with Gasteiger partial charge >= 0.3 is 6.18 Å². The van der Waals surface area contributed by atoms with Crippen molar-refractivity contribution in [2.24, 2.45) is 4.99 Å². The number of aliphatic imine (C=N–C) groups is 1. The van der Waals surface area contributed by atoms with Crippen molar-refractivity contribution in [3.8, 4) is 0 Å². The first-order valence-corrected chi connectivity index (χ1v) is 8.01. The molecule has 9 heteroatoms. The third-order valence-corrected chi connectivity index (χ3v) is 4.05. The van der Waals surface area contributed by atoms with Crippen LogP contribution in [0, 0.1) is 5.82 Å². The summed E-state index contributed by atoms with van der Waals surface area (Å²) in [5.41, 5.74) is 0.763. The van der Waals surface area contributed by atoms with Gasteiger partial charge in [-0.15, -0.1) is 0 Å². The molecular formula is C16H17ClF4N2O2. The molecular weight excluding hydrogens is 364 g/mol. The third-order valence-electron chi connectivity index (χ3n) is 3.80. The molecule has 138 valence electrons. The number of alkyl halides is 3. The van der Waals surface area contributed by atoms with Gasteiger partial charge in [0.25, 0.3) is 0 Å². The molecule has 1 saturated heterocycles. The largest absolute Gasteiger partial charge is 0.450 e. The van der Waals surface area contributed by atoms with E-state index in [-0.39, 0.29) is 18.4 Å². The highest BCUT2D eigenvalue weighted by Gasteiger charge is 2.38. The summed E-state index contributed by atoms with van der Waals surface area (Å²) in [4.78, 5) is 16.9. The zero-order valence-electron chi connectivity index (χ0n) is 13.2. The number of halogens is 5. The van der Waals surface area contributed by atoms with Gasteiger partial charge < -0.3 is 4.74 Å². The maximum Gasteiger partial charge on any atom is 0.450 e. The molecule has 4 nitrogen and oxygen atoms in total. The summed E-state index contributed by atoms with van der Waals surface area (Å²) in [6, 6.07) is 5.52. The predicted octanol–water partition coefficient (Wildman–Crippen LogP) is 3.36. The average Bonchev–Trinajstić information content (AvgIpc) is 2.56. The van der Waals surface area contributed by atoms with Crippen molar-refractivity contribution in [1.82, 2.24) is 4.90 Å². The van der Waals surface area contributed by atoms with Crippen LogP contribution in [0.3, 0.4) is 0 Å². The predicted molar refractivity (Wildman–Crippen MR) is 85.4 cm³/mol. The molecule has 0 spiro atoms. The van der Waals surface area contributed by atoms with E-state index in [0.29, 0.717) is 26.3 Å². The molecule has 1 atom stereocenters. The van der Waals surface area contributed by atoms with E-state index in [1.807, 2.05) is 4.90 Å². The Morgan fingerprint density at radius 3 is 2.40 bits per heavy atom. The Hall–Kier alpha value is -1.51. The van der Waals surface area contributed by atoms with Crippen LogP contribution in [-0.4, -0.2) is 54.9 Å². The van der Waals surface area contributed by atoms with Crippen LogP contribution < -0.4 is 0 Å². The molecule has 0 amide bonds. The molecule has 0 N–H and O–H groups in total. The zero-order chi connectivity index (χ0) is 18.4. The van der Waals surface area contributed by atoms with Crippen LogP contribution in [0.25, 0.3) is 0 Å². The van der Waals surface area contributed by atoms with Crippen LogP contribution in [0.15, 0.2) is 29.3 Å². The summed E-state index contributed by atoms with van der Waals surface area (Å²) in [5, 5.41) is -0.400. The lowest BCUT2D eigenvalue weighted by Crippen LogP contribution is -2.40. The number of benzene rings is 1. The highest BCUT2D eigenvalue weighted by molar-refractivity contribution is 6.66. The van der Waals surface area contributed by atoms with Crippen LogP contribution in [0.2, 0.25) is 0 Å². The summed E-state index contributed by atoms with van der Waals surface area (Å²) >= 11 is 5.70. The Morgan fingerprint density at radius 1 is 1.24 bits per heavy atom. The second-order valence-corrected chi connectivity index (χ2v) is 5.97. The molecule has 2 rings (SSSR count). The topological polar surface area (TPSA) is 41.9 Å². The molecule has 0 aliphatic carbocycles. The maximum atomic E-state index is 13.1. The number of ether oxygens (including phenoxy) is 1. The molecule has 1 aromatic carbocycles. The number of morpholine rings is 1. The minimum absolute atomic E-state index is 0.0651. The fourth-order valence-electron chi connectivity index (χ4n) is 2.48. The standard InChI is InChI=1S/C16H17ClF4N2O2/c17-15(9-14(24)16(19,20)21)22-10-13(23-5-7-25-8-6-23)11-1-3-12(18)4-2-11/h1-4,13H,5-10H2/t13-/m0/s1. The van der Waals surface area contributed by atoms with Crippen LogP contribution in [0.5, 0.6) is 0 Å². The number of carbonyl (C=O) groups is 1. The summed E-state index contributed by atoms with van der Waals surface area (Å²) in [5.74, 6) is -2.33. The first kappa shape index (κ1) is 19.8. The molecule has 0 unspecified atom stereocenters. The summed E-state index contributed by atoms with van der Waals surface area (Å²) in [7, 11) is 0. The first-order chi connectivity index (χ1) is 11.8. The highest BCUT2D eigenvalue weighted by Crippen LogP contribution is 2.24. The third kappa shape index (κ3) is 6.05. The molecule has 1 heterocycles. The molecule has 0 bridgehead atoms. The maximum absolute atomic E-state index is 13.1. The number of Topliss-reactive ketones (excluding diaryl/α,β-unsaturated/α-hetero) is 1. The van der Waals surface area contributed by atoms with Gasteiger partial charge in [-0.25, -0.2) is 4.39 Å². The van der Waals surface area contributed by atoms with Crippen molar-refractivity contribution >= 4 is 22.6 Å². The van der Waals surface area contributed by atoms with E-state index in [1.165, 1.54) is 12.1 Å². The van der Waals surface area contributed by atoms with E-state index in [1.54, 1.807) is 12.1 Å². The summed E-state index contributed by atoms with van der Waals surface area (Å²) in [6.07, 6.45) is -5.92. The Balaban J connectivity index is 2.11. The number of nitrogens with zero attached hydrogens (tertiary/aromatic N) is 2. The van der Waals surface area contributed by atoms with Crippen molar-refractivity contribution in [2.75, 3.05) is 32.8 Å². The van der Waals surface area contributed by atoms with Gasteiger partial charge in [-0.2, -0.15) is 13.2 Å². The molecule has 0 saturated carbocycles. The fourth-order valence-corrected chi connectivity index (χ4v) is 2.67. The molecule has 1 aliphatic heterocycles. The number of ketones is 1. The molecule has 1 aromatic rings. The Morgan fingerprint density at radius 2 is 1.84 bits per heavy atom. The number of hydrogen-bond donors (Lipinski definition) is 0. The van der Waals surface area contributed by atoms with Gasteiger partial charge in [0.2, 0.25) is 5.78 Å². The van der Waals surface area contributed by atoms with E-state index in [9.17, 15) is 22.4 Å². The van der Waals surface area contributed by atoms with E-state index in [4.69, 9.17) is 16.3 Å². The SMILES string of the molecule is O=C(CC(Cl)=NC[C@@H](c1ccc(F)cc1)N1CCOCC1)C(F)(F)F. The number of carbonyl (C=O) groups excluding carboxylic acids is 1. The van der Waals surface area contributed by atoms with E-state index in [0.717, 1.165) is 5.56 Å². The van der Waals surface area contributed by atoms with Crippen molar-refractivity contribution in [3.05, 3.63) is 35.6 Å². The van der Waals surface area contributed by atoms with E-state index >= 15 is 0 Å². The van der Waals surface area contributed by atoms with Crippen LogP contribution >= 0.6 is 11.6 Å². The van der Waals surface area contributed by atoms with Gasteiger partial charge in [0, 0.05) is 13.1 Å². The zero-order valence-corrected chi connectivity index (χ0v) is 14.0. The minimum atomic E-state index is -4.93. The fraction of sp³-hybridized carbons (Fsp3) is 0.500. The van der Waals surface area contributed by atoms with Gasteiger partial charge in [0.05, 0.1) is 32.2 Å². The van der Waals surface area contributed by atoms with Gasteiger partial charge in [0.1, 0.15) is 11.0 Å². The smallest absolute Gasteiger partial charge is 0.379 e. The van der Waals surface area contributed by atoms with Crippen LogP contribution in [0.1, 0.15) is 18.0 Å². The molecule has 1 fully saturated rings. The summed E-state index contributed by atoms with van der Waals surface area (Å²) < 4.78 is 55.3. The monoisotopic (exact) mass is 380 g/mol. The Labute approximate surface area is 147 Å². The lowest BCUT2D eigenvalue weighted by molar-refractivity contribution is -0.169. The first-order valence-electron chi connectivity index (χ1n) is 7.63. The second kappa shape index (κ2) is 8.73. The quantitative estimate of drug-likeness (QED) is 0.561. The molecule has 25 heavy (non-hydrogen) atoms. The van der Waals surface area contributed by atoms with Crippen molar-refractivity contribution in [1.29, 1.82) is 0 Å². The average molecular weight is 381 g/mol. The molecule has 0 radical (unpaired) electrons. The molecule has 1 aliphatic rings. The van der Waals surface area contributed by atoms with Crippen molar-refractivity contribution in [3.63, 3.8) is 0 Å². The van der Waals surface area contributed by atoms with Gasteiger partial charge in [-0.3, -0.25) is 14.7 Å². The van der Waals surface area contributed by atoms with E-state index < -0.39 is 23.6 Å². The second-order valence-electron chi connectivity index (χ2n) is 5.53. The molecule has 0 aromatic heterocycles. The van der Waals surface area contributed by atoms with Crippen molar-refractivity contribution in [2.45, 2.75) is 18.6 Å². The summed E-state index contributed by atoms with van der Waals surface area (Å²) in [6.45, 7) is 2.31. The van der Waals surface area contributed by atoms with Crippen molar-refractivity contribution < 1.29 is 27.1 Å².